The van der Waals surface area contributed by atoms with Gasteiger partial charge in [0.25, 0.3) is 5.56 Å². The van der Waals surface area contributed by atoms with Gasteiger partial charge in [-0.05, 0) is 49.6 Å². The number of aryl methyl sites for hydroxylation is 2. The van der Waals surface area contributed by atoms with Gasteiger partial charge in [0.15, 0.2) is 0 Å². The van der Waals surface area contributed by atoms with Crippen molar-refractivity contribution in [1.29, 1.82) is 0 Å². The number of carbonyl (C=O) groups excluding carboxylic acids is 1. The summed E-state index contributed by atoms with van der Waals surface area (Å²) in [6, 6.07) is 10.2. The summed E-state index contributed by atoms with van der Waals surface area (Å²) in [5, 5.41) is 1.26. The quantitative estimate of drug-likeness (QED) is 0.348. The third-order valence-electron chi connectivity index (χ3n) is 5.08. The maximum absolute atomic E-state index is 12.4. The lowest BCUT2D eigenvalue weighted by molar-refractivity contribution is -0.145. The molecule has 4 rings (SSSR count). The van der Waals surface area contributed by atoms with Gasteiger partial charge < -0.3 is 9.15 Å². The lowest BCUT2D eigenvalue weighted by Gasteiger charge is -2.09. The first kappa shape index (κ1) is 20.8. The summed E-state index contributed by atoms with van der Waals surface area (Å²) >= 11 is 5.89. The lowest BCUT2D eigenvalue weighted by atomic mass is 10.0. The summed E-state index contributed by atoms with van der Waals surface area (Å²) in [7, 11) is 0. The summed E-state index contributed by atoms with van der Waals surface area (Å²) < 4.78 is 12.0. The molecule has 7 nitrogen and oxygen atoms in total. The van der Waals surface area contributed by atoms with Crippen molar-refractivity contribution in [2.75, 3.05) is 0 Å². The number of aromatic nitrogens is 2. The molecule has 0 spiro atoms. The average molecular weight is 439 g/mol. The molecular weight excluding hydrogens is 420 g/mol. The zero-order chi connectivity index (χ0) is 22.1. The van der Waals surface area contributed by atoms with E-state index in [0.717, 1.165) is 16.5 Å². The van der Waals surface area contributed by atoms with Crippen LogP contribution < -0.4 is 11.2 Å². The van der Waals surface area contributed by atoms with Crippen molar-refractivity contribution < 1.29 is 13.9 Å². The van der Waals surface area contributed by atoms with Gasteiger partial charge in [0.05, 0.1) is 10.7 Å². The van der Waals surface area contributed by atoms with E-state index in [1.165, 1.54) is 16.7 Å². The Morgan fingerprint density at radius 3 is 2.77 bits per heavy atom. The molecule has 3 aromatic heterocycles. The number of ether oxygens (including phenoxy) is 1. The minimum atomic E-state index is -0.499. The molecule has 0 aliphatic rings. The molecule has 0 saturated carbocycles. The molecule has 0 radical (unpaired) electrons. The number of pyridine rings is 1. The normalized spacial score (nSPS) is 11.2. The number of halogens is 1. The standard InChI is InChI=1S/C23H19ClN2O5/c1-13-3-5-17-14(2)18(23(29)31-19(17)9-13)6-8-22(28)30-12-16-10-21(27)26-11-15(24)4-7-20(26)25-16/h3-5,7,9-11H,6,8,12H2,1-2H3. The van der Waals surface area contributed by atoms with Crippen LogP contribution in [0.5, 0.6) is 0 Å². The van der Waals surface area contributed by atoms with Gasteiger partial charge in [-0.3, -0.25) is 14.0 Å². The average Bonchev–Trinajstić information content (AvgIpc) is 2.72. The van der Waals surface area contributed by atoms with Gasteiger partial charge in [0.2, 0.25) is 0 Å². The molecule has 8 heteroatoms. The maximum Gasteiger partial charge on any atom is 0.339 e. The number of esters is 1. The maximum atomic E-state index is 12.4. The first-order valence-corrected chi connectivity index (χ1v) is 10.1. The van der Waals surface area contributed by atoms with Gasteiger partial charge >= 0.3 is 11.6 Å². The molecule has 0 aliphatic carbocycles. The summed E-state index contributed by atoms with van der Waals surface area (Å²) in [4.78, 5) is 41.1. The van der Waals surface area contributed by atoms with E-state index in [4.69, 9.17) is 20.8 Å². The third-order valence-corrected chi connectivity index (χ3v) is 5.30. The predicted molar refractivity (Wildman–Crippen MR) is 117 cm³/mol. The Morgan fingerprint density at radius 1 is 1.16 bits per heavy atom. The van der Waals surface area contributed by atoms with Crippen molar-refractivity contribution in [3.05, 3.63) is 90.8 Å². The summed E-state index contributed by atoms with van der Waals surface area (Å²) in [5.41, 5.74) is 2.74. The van der Waals surface area contributed by atoms with Gasteiger partial charge in [-0.25, -0.2) is 9.78 Å². The van der Waals surface area contributed by atoms with Gasteiger partial charge in [0.1, 0.15) is 17.8 Å². The number of nitrogens with zero attached hydrogens (tertiary/aromatic N) is 2. The van der Waals surface area contributed by atoms with Crippen LogP contribution >= 0.6 is 11.6 Å². The number of benzene rings is 1. The van der Waals surface area contributed by atoms with Crippen molar-refractivity contribution in [1.82, 2.24) is 9.38 Å². The van der Waals surface area contributed by atoms with E-state index in [1.807, 2.05) is 32.0 Å². The van der Waals surface area contributed by atoms with Crippen molar-refractivity contribution in [2.45, 2.75) is 33.3 Å². The molecule has 1 aromatic carbocycles. The van der Waals surface area contributed by atoms with Crippen LogP contribution in [0.1, 0.15) is 28.8 Å². The highest BCUT2D eigenvalue weighted by atomic mass is 35.5. The zero-order valence-electron chi connectivity index (χ0n) is 17.0. The van der Waals surface area contributed by atoms with E-state index in [9.17, 15) is 14.4 Å². The fourth-order valence-electron chi connectivity index (χ4n) is 3.44. The van der Waals surface area contributed by atoms with Gasteiger partial charge in [-0.1, -0.05) is 23.7 Å². The van der Waals surface area contributed by atoms with Crippen LogP contribution in [0.15, 0.2) is 56.6 Å². The summed E-state index contributed by atoms with van der Waals surface area (Å²) in [6.45, 7) is 3.62. The topological polar surface area (TPSA) is 90.9 Å². The largest absolute Gasteiger partial charge is 0.459 e. The van der Waals surface area contributed by atoms with E-state index < -0.39 is 11.6 Å². The van der Waals surface area contributed by atoms with Gasteiger partial charge in [-0.15, -0.1) is 0 Å². The highest BCUT2D eigenvalue weighted by Gasteiger charge is 2.14. The summed E-state index contributed by atoms with van der Waals surface area (Å²) in [6.07, 6.45) is 1.68. The van der Waals surface area contributed by atoms with Crippen LogP contribution in [0.3, 0.4) is 0 Å². The van der Waals surface area contributed by atoms with E-state index in [0.29, 0.717) is 27.5 Å². The van der Waals surface area contributed by atoms with Gasteiger partial charge in [-0.2, -0.15) is 0 Å². The molecule has 0 atom stereocenters. The molecule has 0 saturated heterocycles. The number of carbonyl (C=O) groups is 1. The fraction of sp³-hybridized carbons (Fsp3) is 0.217. The van der Waals surface area contributed by atoms with Crippen LogP contribution in [0.4, 0.5) is 0 Å². The van der Waals surface area contributed by atoms with Crippen LogP contribution in [0.25, 0.3) is 16.6 Å². The second kappa shape index (κ2) is 8.35. The highest BCUT2D eigenvalue weighted by molar-refractivity contribution is 6.30. The fourth-order valence-corrected chi connectivity index (χ4v) is 3.60. The Kier molecular flexibility index (Phi) is 5.61. The Labute approximate surface area is 181 Å². The second-order valence-electron chi connectivity index (χ2n) is 7.31. The van der Waals surface area contributed by atoms with E-state index in [1.54, 1.807) is 12.1 Å². The van der Waals surface area contributed by atoms with Crippen molar-refractivity contribution in [3.63, 3.8) is 0 Å². The molecule has 4 aromatic rings. The molecular formula is C23H19ClN2O5. The highest BCUT2D eigenvalue weighted by Crippen LogP contribution is 2.21. The molecule has 3 heterocycles. The van der Waals surface area contributed by atoms with E-state index in [-0.39, 0.29) is 25.0 Å². The summed E-state index contributed by atoms with van der Waals surface area (Å²) in [5.74, 6) is -0.499. The Bertz CT molecular complexity index is 1440. The molecule has 0 bridgehead atoms. The van der Waals surface area contributed by atoms with Crippen molar-refractivity contribution in [3.8, 4) is 0 Å². The SMILES string of the molecule is Cc1ccc2c(C)c(CCC(=O)OCc3cc(=O)n4cc(Cl)ccc4n3)c(=O)oc2c1. The molecule has 0 aliphatic heterocycles. The number of rotatable bonds is 5. The first-order valence-electron chi connectivity index (χ1n) is 9.68. The van der Waals surface area contributed by atoms with Crippen LogP contribution in [-0.2, 0) is 22.6 Å². The molecule has 0 amide bonds. The molecule has 158 valence electrons. The van der Waals surface area contributed by atoms with Gasteiger partial charge in [0, 0.05) is 29.6 Å². The minimum absolute atomic E-state index is 0.00510. The van der Waals surface area contributed by atoms with Crippen molar-refractivity contribution in [2.24, 2.45) is 0 Å². The Morgan fingerprint density at radius 2 is 1.97 bits per heavy atom. The van der Waals surface area contributed by atoms with Crippen LogP contribution in [-0.4, -0.2) is 15.4 Å². The molecule has 31 heavy (non-hydrogen) atoms. The number of hydrogen-bond donors (Lipinski definition) is 0. The smallest absolute Gasteiger partial charge is 0.339 e. The lowest BCUT2D eigenvalue weighted by Crippen LogP contribution is -2.17. The monoisotopic (exact) mass is 438 g/mol. The van der Waals surface area contributed by atoms with E-state index in [2.05, 4.69) is 4.98 Å². The third kappa shape index (κ3) is 4.36. The zero-order valence-corrected chi connectivity index (χ0v) is 17.7. The Balaban J connectivity index is 1.45. The van der Waals surface area contributed by atoms with E-state index >= 15 is 0 Å². The van der Waals surface area contributed by atoms with Crippen LogP contribution in [0.2, 0.25) is 5.02 Å². The number of fused-ring (bicyclic) bond motifs is 2. The Hall–Kier alpha value is -3.45. The minimum Gasteiger partial charge on any atom is -0.459 e. The predicted octanol–water partition coefficient (Wildman–Crippen LogP) is 3.75. The first-order chi connectivity index (χ1) is 14.8. The molecule has 0 N–H and O–H groups in total. The second-order valence-corrected chi connectivity index (χ2v) is 7.75. The molecule has 0 fully saturated rings. The van der Waals surface area contributed by atoms with Crippen molar-refractivity contribution >= 4 is 34.2 Å². The number of hydrogen-bond acceptors (Lipinski definition) is 6. The van der Waals surface area contributed by atoms with Crippen LogP contribution in [0, 0.1) is 13.8 Å². The molecule has 0 unspecified atom stereocenters.